The molecule has 0 aliphatic heterocycles. The highest BCUT2D eigenvalue weighted by molar-refractivity contribution is 5.98. The summed E-state index contributed by atoms with van der Waals surface area (Å²) < 4.78 is 0. The van der Waals surface area contributed by atoms with Gasteiger partial charge in [-0.2, -0.15) is 0 Å². The van der Waals surface area contributed by atoms with E-state index in [0.29, 0.717) is 22.2 Å². The number of imidazole rings is 1. The zero-order chi connectivity index (χ0) is 23.0. The Bertz CT molecular complexity index is 1320. The van der Waals surface area contributed by atoms with E-state index < -0.39 is 22.9 Å². The molecule has 6 N–H and O–H groups in total. The number of H-pyrrole nitrogens is 1. The molecule has 1 atom stereocenters. The summed E-state index contributed by atoms with van der Waals surface area (Å²) in [4.78, 5) is 30.4. The zero-order valence-electron chi connectivity index (χ0n) is 16.7. The van der Waals surface area contributed by atoms with Crippen molar-refractivity contribution >= 4 is 34.0 Å². The normalized spacial score (nSPS) is 18.4. The van der Waals surface area contributed by atoms with Crippen LogP contribution in [-0.4, -0.2) is 42.4 Å². The molecule has 2 aromatic carbocycles. The van der Waals surface area contributed by atoms with Crippen molar-refractivity contribution in [2.75, 3.05) is 0 Å². The Morgan fingerprint density at radius 2 is 2.00 bits per heavy atom. The molecule has 1 heterocycles. The van der Waals surface area contributed by atoms with Crippen LogP contribution in [0.4, 0.5) is 0 Å². The SMILES string of the molecule is N=C(N)c1ccc2nc(C3=CC(CC(=O)O)([N+](=O)[O-])CC(c4ccccc4)=C3O)[nH]c2c1. The predicted octanol–water partition coefficient (Wildman–Crippen LogP) is 3.09. The summed E-state index contributed by atoms with van der Waals surface area (Å²) in [7, 11) is 0. The largest absolute Gasteiger partial charge is 0.507 e. The fraction of sp³-hybridized carbons (Fsp3) is 0.136. The molecule has 162 valence electrons. The number of hydrogen-bond donors (Lipinski definition) is 5. The quantitative estimate of drug-likeness (QED) is 0.171. The van der Waals surface area contributed by atoms with Crippen LogP contribution in [-0.2, 0) is 4.79 Å². The number of carboxylic acids is 1. The molecule has 3 aromatic rings. The molecule has 1 unspecified atom stereocenters. The van der Waals surface area contributed by atoms with E-state index in [0.717, 1.165) is 6.08 Å². The minimum Gasteiger partial charge on any atom is -0.507 e. The number of aliphatic carboxylic acids is 1. The number of aromatic nitrogens is 2. The number of aliphatic hydroxyl groups excluding tert-OH is 1. The average molecular weight is 433 g/mol. The number of nitrogens with zero attached hydrogens (tertiary/aromatic N) is 2. The van der Waals surface area contributed by atoms with Gasteiger partial charge in [-0.1, -0.05) is 30.3 Å². The average Bonchev–Trinajstić information content (AvgIpc) is 3.18. The molecular weight excluding hydrogens is 414 g/mol. The lowest BCUT2D eigenvalue weighted by atomic mass is 9.78. The van der Waals surface area contributed by atoms with Gasteiger partial charge in [0.2, 0.25) is 0 Å². The highest BCUT2D eigenvalue weighted by Crippen LogP contribution is 2.42. The monoisotopic (exact) mass is 433 g/mol. The van der Waals surface area contributed by atoms with Gasteiger partial charge in [0, 0.05) is 22.1 Å². The number of carboxylic acid groups (broad SMARTS) is 1. The topological polar surface area (TPSA) is 179 Å². The summed E-state index contributed by atoms with van der Waals surface area (Å²) in [6, 6.07) is 13.5. The number of hydrogen-bond acceptors (Lipinski definition) is 6. The van der Waals surface area contributed by atoms with Crippen LogP contribution in [0.2, 0.25) is 0 Å². The lowest BCUT2D eigenvalue weighted by Gasteiger charge is -2.28. The number of fused-ring (bicyclic) bond motifs is 1. The third-order valence-corrected chi connectivity index (χ3v) is 5.43. The molecule has 0 saturated carbocycles. The molecule has 32 heavy (non-hydrogen) atoms. The number of rotatable bonds is 6. The number of nitrogen functional groups attached to an aromatic ring is 1. The van der Waals surface area contributed by atoms with Gasteiger partial charge in [0.25, 0.3) is 5.54 Å². The second-order valence-corrected chi connectivity index (χ2v) is 7.59. The Morgan fingerprint density at radius 1 is 1.28 bits per heavy atom. The van der Waals surface area contributed by atoms with Crippen molar-refractivity contribution < 1.29 is 19.9 Å². The molecule has 10 heteroatoms. The number of amidine groups is 1. The highest BCUT2D eigenvalue weighted by atomic mass is 16.6. The number of nitro groups is 1. The molecule has 0 amide bonds. The van der Waals surface area contributed by atoms with Crippen molar-refractivity contribution in [3.63, 3.8) is 0 Å². The molecule has 1 aromatic heterocycles. The molecule has 0 spiro atoms. The van der Waals surface area contributed by atoms with Crippen molar-refractivity contribution in [2.45, 2.75) is 18.4 Å². The molecule has 0 radical (unpaired) electrons. The minimum atomic E-state index is -1.97. The minimum absolute atomic E-state index is 0.0358. The van der Waals surface area contributed by atoms with E-state index in [1.807, 2.05) is 0 Å². The smallest absolute Gasteiger partial charge is 0.311 e. The molecule has 1 aliphatic rings. The Morgan fingerprint density at radius 3 is 2.62 bits per heavy atom. The van der Waals surface area contributed by atoms with Crippen LogP contribution >= 0.6 is 0 Å². The first-order valence-corrected chi connectivity index (χ1v) is 9.62. The molecule has 4 rings (SSSR count). The fourth-order valence-electron chi connectivity index (χ4n) is 3.86. The van der Waals surface area contributed by atoms with Gasteiger partial charge in [-0.05, 0) is 23.8 Å². The van der Waals surface area contributed by atoms with E-state index in [2.05, 4.69) is 9.97 Å². The van der Waals surface area contributed by atoms with Crippen LogP contribution < -0.4 is 5.73 Å². The predicted molar refractivity (Wildman–Crippen MR) is 118 cm³/mol. The number of benzene rings is 2. The first kappa shape index (κ1) is 20.8. The van der Waals surface area contributed by atoms with Crippen molar-refractivity contribution in [1.82, 2.24) is 9.97 Å². The number of aliphatic hydroxyl groups is 1. The van der Waals surface area contributed by atoms with E-state index in [1.54, 1.807) is 48.5 Å². The van der Waals surface area contributed by atoms with Gasteiger partial charge < -0.3 is 20.9 Å². The zero-order valence-corrected chi connectivity index (χ0v) is 16.7. The summed E-state index contributed by atoms with van der Waals surface area (Å²) in [5.41, 5.74) is 5.87. The van der Waals surface area contributed by atoms with E-state index in [1.165, 1.54) is 0 Å². The van der Waals surface area contributed by atoms with Gasteiger partial charge in [-0.25, -0.2) is 4.98 Å². The third-order valence-electron chi connectivity index (χ3n) is 5.43. The molecule has 10 nitrogen and oxygen atoms in total. The third kappa shape index (κ3) is 3.58. The summed E-state index contributed by atoms with van der Waals surface area (Å²) >= 11 is 0. The van der Waals surface area contributed by atoms with Crippen LogP contribution in [0.15, 0.2) is 60.4 Å². The van der Waals surface area contributed by atoms with Crippen molar-refractivity contribution in [1.29, 1.82) is 5.41 Å². The van der Waals surface area contributed by atoms with Crippen LogP contribution in [0, 0.1) is 15.5 Å². The molecule has 0 fully saturated rings. The Hall–Kier alpha value is -4.47. The standard InChI is InChI=1S/C22H19N5O5/c23-20(24)13-6-7-16-17(8-13)26-21(25-16)15-10-22(27(31)32,11-18(28)29)9-14(19(15)30)12-4-2-1-3-5-12/h1-8,10,30H,9,11H2,(H3,23,24)(H,25,26)(H,28,29). The van der Waals surface area contributed by atoms with Crippen LogP contribution in [0.25, 0.3) is 22.2 Å². The van der Waals surface area contributed by atoms with Gasteiger partial charge >= 0.3 is 5.97 Å². The van der Waals surface area contributed by atoms with Crippen LogP contribution in [0.5, 0.6) is 0 Å². The second-order valence-electron chi connectivity index (χ2n) is 7.59. The number of allylic oxidation sites excluding steroid dienone is 1. The molecule has 0 saturated heterocycles. The lowest BCUT2D eigenvalue weighted by Crippen LogP contribution is -2.41. The van der Waals surface area contributed by atoms with Gasteiger partial charge in [0.15, 0.2) is 0 Å². The summed E-state index contributed by atoms with van der Waals surface area (Å²) in [6.45, 7) is 0. The van der Waals surface area contributed by atoms with Gasteiger partial charge in [-0.15, -0.1) is 0 Å². The van der Waals surface area contributed by atoms with Gasteiger partial charge in [-0.3, -0.25) is 20.3 Å². The summed E-state index contributed by atoms with van der Waals surface area (Å²) in [5, 5.41) is 40.1. The second kappa shape index (κ2) is 7.65. The number of nitrogens with one attached hydrogen (secondary N) is 2. The van der Waals surface area contributed by atoms with Crippen LogP contribution in [0.1, 0.15) is 29.8 Å². The lowest BCUT2D eigenvalue weighted by molar-refractivity contribution is -0.553. The Balaban J connectivity index is 1.94. The fourth-order valence-corrected chi connectivity index (χ4v) is 3.86. The first-order chi connectivity index (χ1) is 15.2. The van der Waals surface area contributed by atoms with Crippen molar-refractivity contribution in [3.05, 3.63) is 87.4 Å². The number of aromatic amines is 1. The maximum Gasteiger partial charge on any atom is 0.311 e. The number of carbonyl (C=O) groups is 1. The van der Waals surface area contributed by atoms with E-state index in [9.17, 15) is 25.1 Å². The van der Waals surface area contributed by atoms with Gasteiger partial charge in [0.1, 0.15) is 23.8 Å². The van der Waals surface area contributed by atoms with Crippen molar-refractivity contribution in [2.24, 2.45) is 5.73 Å². The summed E-state index contributed by atoms with van der Waals surface area (Å²) in [6.07, 6.45) is 0.106. The Kier molecular flexibility index (Phi) is 4.97. The maximum atomic E-state index is 12.1. The first-order valence-electron chi connectivity index (χ1n) is 9.62. The Labute approximate surface area is 181 Å². The molecule has 0 bridgehead atoms. The van der Waals surface area contributed by atoms with Crippen molar-refractivity contribution in [3.8, 4) is 0 Å². The highest BCUT2D eigenvalue weighted by Gasteiger charge is 2.48. The van der Waals surface area contributed by atoms with E-state index in [4.69, 9.17) is 11.1 Å². The molecule has 1 aliphatic carbocycles. The van der Waals surface area contributed by atoms with Crippen LogP contribution in [0.3, 0.4) is 0 Å². The number of nitrogens with two attached hydrogens (primary N) is 1. The van der Waals surface area contributed by atoms with E-state index >= 15 is 0 Å². The summed E-state index contributed by atoms with van der Waals surface area (Å²) in [5.74, 6) is -1.54. The van der Waals surface area contributed by atoms with E-state index in [-0.39, 0.29) is 35.0 Å². The molecular formula is C22H19N5O5. The maximum absolute atomic E-state index is 12.1. The van der Waals surface area contributed by atoms with Gasteiger partial charge in [0.05, 0.1) is 23.0 Å².